The van der Waals surface area contributed by atoms with Gasteiger partial charge in [-0.1, -0.05) is 24.8 Å². The van der Waals surface area contributed by atoms with E-state index in [4.69, 9.17) is 4.74 Å². The molecule has 0 spiro atoms. The molecule has 1 saturated heterocycles. The molecular weight excluding hydrogens is 319 g/mol. The molecule has 1 aliphatic rings. The average molecular weight is 340 g/mol. The van der Waals surface area contributed by atoms with Gasteiger partial charge in [-0.25, -0.2) is 4.39 Å². The van der Waals surface area contributed by atoms with E-state index in [9.17, 15) is 9.18 Å². The first-order chi connectivity index (χ1) is 12.2. The third-order valence-corrected chi connectivity index (χ3v) is 4.23. The zero-order valence-corrected chi connectivity index (χ0v) is 14.0. The van der Waals surface area contributed by atoms with Crippen molar-refractivity contribution in [1.29, 1.82) is 0 Å². The van der Waals surface area contributed by atoms with Gasteiger partial charge in [0.1, 0.15) is 18.2 Å². The SMILES string of the molecule is C=CCOc1ccc(C(=O)N2CCN(c3ccccc3F)CC2)cc1. The number of piperazine rings is 1. The number of rotatable bonds is 5. The second kappa shape index (κ2) is 7.83. The van der Waals surface area contributed by atoms with Gasteiger partial charge in [0.15, 0.2) is 0 Å². The second-order valence-corrected chi connectivity index (χ2v) is 5.85. The molecule has 3 rings (SSSR count). The number of carbonyl (C=O) groups excluding carboxylic acids is 1. The number of nitrogens with zero attached hydrogens (tertiary/aromatic N) is 2. The lowest BCUT2D eigenvalue weighted by Crippen LogP contribution is -2.49. The Bertz CT molecular complexity index is 738. The lowest BCUT2D eigenvalue weighted by atomic mass is 10.1. The summed E-state index contributed by atoms with van der Waals surface area (Å²) in [6.45, 7) is 6.42. The van der Waals surface area contributed by atoms with Gasteiger partial charge < -0.3 is 14.5 Å². The molecule has 5 heteroatoms. The van der Waals surface area contributed by atoms with Gasteiger partial charge in [0.2, 0.25) is 0 Å². The first-order valence-electron chi connectivity index (χ1n) is 8.31. The lowest BCUT2D eigenvalue weighted by Gasteiger charge is -2.36. The Kier molecular flexibility index (Phi) is 5.33. The van der Waals surface area contributed by atoms with E-state index in [-0.39, 0.29) is 11.7 Å². The summed E-state index contributed by atoms with van der Waals surface area (Å²) in [6, 6.07) is 13.8. The fraction of sp³-hybridized carbons (Fsp3) is 0.250. The van der Waals surface area contributed by atoms with Crippen molar-refractivity contribution in [3.63, 3.8) is 0 Å². The zero-order valence-electron chi connectivity index (χ0n) is 14.0. The van der Waals surface area contributed by atoms with Crippen molar-refractivity contribution < 1.29 is 13.9 Å². The highest BCUT2D eigenvalue weighted by Gasteiger charge is 2.23. The minimum absolute atomic E-state index is 0.0107. The first kappa shape index (κ1) is 17.0. The minimum Gasteiger partial charge on any atom is -0.490 e. The van der Waals surface area contributed by atoms with Crippen LogP contribution in [0.4, 0.5) is 10.1 Å². The van der Waals surface area contributed by atoms with Crippen LogP contribution >= 0.6 is 0 Å². The predicted octanol–water partition coefficient (Wildman–Crippen LogP) is 3.35. The van der Waals surface area contributed by atoms with E-state index in [0.717, 1.165) is 0 Å². The highest BCUT2D eigenvalue weighted by Crippen LogP contribution is 2.21. The topological polar surface area (TPSA) is 32.8 Å². The lowest BCUT2D eigenvalue weighted by molar-refractivity contribution is 0.0746. The van der Waals surface area contributed by atoms with Gasteiger partial charge in [-0.15, -0.1) is 0 Å². The Labute approximate surface area is 147 Å². The van der Waals surface area contributed by atoms with Gasteiger partial charge >= 0.3 is 0 Å². The summed E-state index contributed by atoms with van der Waals surface area (Å²) in [6.07, 6.45) is 1.67. The zero-order chi connectivity index (χ0) is 17.6. The Balaban J connectivity index is 1.60. The summed E-state index contributed by atoms with van der Waals surface area (Å²) >= 11 is 0. The minimum atomic E-state index is -0.225. The van der Waals surface area contributed by atoms with Crippen LogP contribution in [0.25, 0.3) is 0 Å². The van der Waals surface area contributed by atoms with Crippen molar-refractivity contribution in [2.45, 2.75) is 0 Å². The van der Waals surface area contributed by atoms with Crippen LogP contribution in [0.2, 0.25) is 0 Å². The Morgan fingerprint density at radius 1 is 1.08 bits per heavy atom. The van der Waals surface area contributed by atoms with Crippen molar-refractivity contribution >= 4 is 11.6 Å². The maximum Gasteiger partial charge on any atom is 0.253 e. The molecule has 0 aromatic heterocycles. The summed E-state index contributed by atoms with van der Waals surface area (Å²) in [5.74, 6) is 0.474. The molecule has 2 aromatic rings. The maximum atomic E-state index is 13.9. The summed E-state index contributed by atoms with van der Waals surface area (Å²) in [4.78, 5) is 16.4. The number of amides is 1. The van der Waals surface area contributed by atoms with E-state index in [0.29, 0.717) is 49.8 Å². The third-order valence-electron chi connectivity index (χ3n) is 4.23. The Morgan fingerprint density at radius 3 is 2.40 bits per heavy atom. The molecule has 0 saturated carbocycles. The fourth-order valence-electron chi connectivity index (χ4n) is 2.89. The number of benzene rings is 2. The van der Waals surface area contributed by atoms with Gasteiger partial charge in [0.25, 0.3) is 5.91 Å². The Morgan fingerprint density at radius 2 is 1.76 bits per heavy atom. The molecule has 0 bridgehead atoms. The molecule has 1 fully saturated rings. The smallest absolute Gasteiger partial charge is 0.253 e. The molecule has 0 unspecified atom stereocenters. The molecular formula is C20H21FN2O2. The van der Waals surface area contributed by atoms with E-state index in [1.807, 2.05) is 11.0 Å². The molecule has 0 aliphatic carbocycles. The molecule has 0 N–H and O–H groups in total. The van der Waals surface area contributed by atoms with Crippen molar-refractivity contribution in [2.24, 2.45) is 0 Å². The van der Waals surface area contributed by atoms with Crippen LogP contribution in [0.1, 0.15) is 10.4 Å². The van der Waals surface area contributed by atoms with Crippen LogP contribution in [0, 0.1) is 5.82 Å². The van der Waals surface area contributed by atoms with Crippen LogP contribution < -0.4 is 9.64 Å². The van der Waals surface area contributed by atoms with Crippen molar-refractivity contribution in [3.8, 4) is 5.75 Å². The molecule has 1 aliphatic heterocycles. The third kappa shape index (κ3) is 3.99. The number of carbonyl (C=O) groups is 1. The van der Waals surface area contributed by atoms with Crippen molar-refractivity contribution in [1.82, 2.24) is 4.90 Å². The monoisotopic (exact) mass is 340 g/mol. The van der Waals surface area contributed by atoms with Crippen LogP contribution in [-0.2, 0) is 0 Å². The Hall–Kier alpha value is -2.82. The van der Waals surface area contributed by atoms with Crippen molar-refractivity contribution in [2.75, 3.05) is 37.7 Å². The molecule has 1 heterocycles. The summed E-state index contributed by atoms with van der Waals surface area (Å²) < 4.78 is 19.3. The van der Waals surface area contributed by atoms with Crippen LogP contribution in [-0.4, -0.2) is 43.6 Å². The number of hydrogen-bond donors (Lipinski definition) is 0. The van der Waals surface area contributed by atoms with Gasteiger partial charge in [0.05, 0.1) is 5.69 Å². The van der Waals surface area contributed by atoms with Crippen LogP contribution in [0.3, 0.4) is 0 Å². The quantitative estimate of drug-likeness (QED) is 0.783. The largest absolute Gasteiger partial charge is 0.490 e. The van der Waals surface area contributed by atoms with E-state index < -0.39 is 0 Å². The second-order valence-electron chi connectivity index (χ2n) is 5.85. The number of halogens is 1. The summed E-state index contributed by atoms with van der Waals surface area (Å²) in [7, 11) is 0. The summed E-state index contributed by atoms with van der Waals surface area (Å²) in [5, 5.41) is 0. The molecule has 0 atom stereocenters. The van der Waals surface area contributed by atoms with Crippen LogP contribution in [0.15, 0.2) is 61.2 Å². The fourth-order valence-corrected chi connectivity index (χ4v) is 2.89. The summed E-state index contributed by atoms with van der Waals surface area (Å²) in [5.41, 5.74) is 1.23. The molecule has 25 heavy (non-hydrogen) atoms. The normalized spacial score (nSPS) is 14.3. The van der Waals surface area contributed by atoms with E-state index in [2.05, 4.69) is 6.58 Å². The molecule has 0 radical (unpaired) electrons. The molecule has 130 valence electrons. The molecule has 2 aromatic carbocycles. The van der Waals surface area contributed by atoms with E-state index >= 15 is 0 Å². The molecule has 4 nitrogen and oxygen atoms in total. The number of hydrogen-bond acceptors (Lipinski definition) is 3. The number of anilines is 1. The van der Waals surface area contributed by atoms with Gasteiger partial charge in [0, 0.05) is 31.7 Å². The van der Waals surface area contributed by atoms with Crippen LogP contribution in [0.5, 0.6) is 5.75 Å². The van der Waals surface area contributed by atoms with E-state index in [1.54, 1.807) is 47.4 Å². The first-order valence-corrected chi connectivity index (χ1v) is 8.31. The van der Waals surface area contributed by atoms with Gasteiger partial charge in [-0.05, 0) is 36.4 Å². The molecule has 1 amide bonds. The standard InChI is InChI=1S/C20H21FN2O2/c1-2-15-25-17-9-7-16(8-10-17)20(24)23-13-11-22(12-14-23)19-6-4-3-5-18(19)21/h2-10H,1,11-15H2. The number of para-hydroxylation sites is 1. The van der Waals surface area contributed by atoms with Crippen molar-refractivity contribution in [3.05, 3.63) is 72.6 Å². The highest BCUT2D eigenvalue weighted by molar-refractivity contribution is 5.94. The van der Waals surface area contributed by atoms with Gasteiger partial charge in [-0.2, -0.15) is 0 Å². The van der Waals surface area contributed by atoms with Gasteiger partial charge in [-0.3, -0.25) is 4.79 Å². The number of ether oxygens (including phenoxy) is 1. The van der Waals surface area contributed by atoms with E-state index in [1.165, 1.54) is 6.07 Å². The highest BCUT2D eigenvalue weighted by atomic mass is 19.1. The predicted molar refractivity (Wildman–Crippen MR) is 96.7 cm³/mol. The average Bonchev–Trinajstić information content (AvgIpc) is 2.67. The maximum absolute atomic E-state index is 13.9.